The van der Waals surface area contributed by atoms with Gasteiger partial charge in [0, 0.05) is 96.2 Å². The van der Waals surface area contributed by atoms with E-state index in [1.165, 1.54) is 32.9 Å². The molecule has 1 amide bonds. The fourth-order valence-electron chi connectivity index (χ4n) is 8.44. The van der Waals surface area contributed by atoms with Crippen LogP contribution in [-0.4, -0.2) is 160 Å². The highest BCUT2D eigenvalue weighted by molar-refractivity contribution is 7.86. The van der Waals surface area contributed by atoms with Gasteiger partial charge >= 0.3 is 23.9 Å². The zero-order chi connectivity index (χ0) is 58.0. The molecule has 0 spiro atoms. The molecular formula is C53H68N10O16S. The molecule has 1 aliphatic rings. The molecule has 0 unspecified atom stereocenters. The van der Waals surface area contributed by atoms with Crippen LogP contribution < -0.4 is 26.2 Å². The fourth-order valence-corrected chi connectivity index (χ4v) is 9.15. The van der Waals surface area contributed by atoms with Crippen molar-refractivity contribution in [2.45, 2.75) is 102 Å². The predicted molar refractivity (Wildman–Crippen MR) is 290 cm³/mol. The van der Waals surface area contributed by atoms with Gasteiger partial charge in [0.2, 0.25) is 12.2 Å². The molecule has 7 atom stereocenters. The summed E-state index contributed by atoms with van der Waals surface area (Å²) in [6.07, 6.45) is -5.65. The maximum absolute atomic E-state index is 12.9. The first-order chi connectivity index (χ1) is 38.1. The van der Waals surface area contributed by atoms with E-state index in [4.69, 9.17) is 37.9 Å². The quantitative estimate of drug-likeness (QED) is 0.0107. The summed E-state index contributed by atoms with van der Waals surface area (Å²) in [4.78, 5) is 64.6. The van der Waals surface area contributed by atoms with Crippen molar-refractivity contribution in [2.75, 3.05) is 75.7 Å². The molecule has 1 aliphatic heterocycles. The second-order valence-corrected chi connectivity index (χ2v) is 20.2. The Labute approximate surface area is 462 Å². The zero-order valence-corrected chi connectivity index (χ0v) is 46.5. The summed E-state index contributed by atoms with van der Waals surface area (Å²) in [5.74, 6) is -3.71. The molecule has 1 aromatic heterocycles. The van der Waals surface area contributed by atoms with Gasteiger partial charge in [-0.2, -0.15) is 18.6 Å². The number of aromatic nitrogens is 3. The van der Waals surface area contributed by atoms with Crippen molar-refractivity contribution in [1.29, 1.82) is 0 Å². The minimum absolute atomic E-state index is 0.0284. The molecule has 0 saturated carbocycles. The summed E-state index contributed by atoms with van der Waals surface area (Å²) < 4.78 is 83.1. The topological polar surface area (TPSA) is 320 Å². The molecule has 26 nitrogen and oxygen atoms in total. The van der Waals surface area contributed by atoms with Gasteiger partial charge in [0.1, 0.15) is 29.3 Å². The van der Waals surface area contributed by atoms with E-state index in [-0.39, 0.29) is 44.4 Å². The number of anilines is 3. The van der Waals surface area contributed by atoms with Crippen molar-refractivity contribution in [2.24, 2.45) is 10.2 Å². The van der Waals surface area contributed by atoms with Gasteiger partial charge in [-0.15, -0.1) is 5.10 Å². The van der Waals surface area contributed by atoms with Gasteiger partial charge in [0.05, 0.1) is 50.5 Å². The smallest absolute Gasteiger partial charge is 0.303 e. The lowest BCUT2D eigenvalue weighted by molar-refractivity contribution is -0.341. The van der Waals surface area contributed by atoms with Crippen molar-refractivity contribution in [3.8, 4) is 0 Å². The van der Waals surface area contributed by atoms with E-state index < -0.39 is 89.0 Å². The first-order valence-corrected chi connectivity index (χ1v) is 26.8. The lowest BCUT2D eigenvalue weighted by atomic mass is 9.95. The second kappa shape index (κ2) is 29.0. The summed E-state index contributed by atoms with van der Waals surface area (Å²) in [5.41, 5.74) is 2.86. The zero-order valence-electron chi connectivity index (χ0n) is 45.7. The van der Waals surface area contributed by atoms with Crippen LogP contribution in [0.25, 0.3) is 10.8 Å². The van der Waals surface area contributed by atoms with Crippen LogP contribution in [0.4, 0.5) is 28.4 Å². The molecule has 4 aromatic carbocycles. The number of nitrogens with one attached hydrogen (secondary N) is 4. The molecule has 80 heavy (non-hydrogen) atoms. The van der Waals surface area contributed by atoms with Crippen LogP contribution in [0.15, 0.2) is 106 Å². The van der Waals surface area contributed by atoms with Crippen LogP contribution in [0.1, 0.15) is 47.2 Å². The van der Waals surface area contributed by atoms with E-state index in [2.05, 4.69) is 41.8 Å². The van der Waals surface area contributed by atoms with E-state index in [0.29, 0.717) is 40.9 Å². The number of hydrogen-bond donors (Lipinski definition) is 5. The number of carbonyl (C=O) groups excluding carboxylic acids is 5. The Morgan fingerprint density at radius 2 is 1.46 bits per heavy atom. The van der Waals surface area contributed by atoms with Crippen LogP contribution in [0.3, 0.4) is 0 Å². The number of ether oxygens (including phenoxy) is 8. The minimum Gasteiger partial charge on any atom is -0.463 e. The fraction of sp³-hybridized carbons (Fsp3) is 0.453. The van der Waals surface area contributed by atoms with Gasteiger partial charge < -0.3 is 64.1 Å². The van der Waals surface area contributed by atoms with Crippen molar-refractivity contribution in [1.82, 2.24) is 25.6 Å². The molecule has 0 radical (unpaired) electrons. The van der Waals surface area contributed by atoms with Gasteiger partial charge in [0.15, 0.2) is 24.1 Å². The monoisotopic (exact) mass is 1130 g/mol. The maximum Gasteiger partial charge on any atom is 0.303 e. The Kier molecular flexibility index (Phi) is 22.3. The van der Waals surface area contributed by atoms with Crippen LogP contribution in [0.5, 0.6) is 0 Å². The molecule has 5 aromatic rings. The largest absolute Gasteiger partial charge is 0.463 e. The highest BCUT2D eigenvalue weighted by atomic mass is 32.2. The molecule has 0 aliphatic carbocycles. The van der Waals surface area contributed by atoms with Crippen LogP contribution >= 0.6 is 0 Å². The van der Waals surface area contributed by atoms with E-state index in [0.717, 1.165) is 37.8 Å². The van der Waals surface area contributed by atoms with Crippen molar-refractivity contribution >= 4 is 79.1 Å². The number of benzene rings is 4. The highest BCUT2D eigenvalue weighted by Crippen LogP contribution is 2.33. The number of rotatable bonds is 29. The molecule has 2 heterocycles. The predicted octanol–water partition coefficient (Wildman–Crippen LogP) is 4.83. The average molecular weight is 1130 g/mol. The van der Waals surface area contributed by atoms with Gasteiger partial charge in [-0.1, -0.05) is 29.5 Å². The van der Waals surface area contributed by atoms with Gasteiger partial charge in [0.25, 0.3) is 10.1 Å². The van der Waals surface area contributed by atoms with E-state index >= 15 is 0 Å². The lowest BCUT2D eigenvalue weighted by Crippen LogP contribution is -2.68. The molecule has 6 rings (SSSR count). The molecular weight excluding hydrogens is 1060 g/mol. The molecule has 432 valence electrons. The Hall–Kier alpha value is -7.66. The molecule has 27 heteroatoms. The minimum atomic E-state index is -4.51. The number of nitrogens with zero attached hydrogens (tertiary/aromatic N) is 6. The third-order valence-corrected chi connectivity index (χ3v) is 12.9. The summed E-state index contributed by atoms with van der Waals surface area (Å²) in [6.45, 7) is 7.71. The number of hydrogen-bond acceptors (Lipinski definition) is 23. The SMILES string of the molecule is CC(=O)N[C@H]1[C@H](O[C@@H](OCCOCCn2cc(CNc3ccc(N=Nc4ccc(N(C)C)cc4)cc3)nn2)[C@@](C)(CNCCNc2cccc3c(S(=O)(=O)O)cccc23)OC(C)=O)O[C@H](COC(C)=O)[C@@H](OC(C)=O)[C@@H]1OC(C)=O. The summed E-state index contributed by atoms with van der Waals surface area (Å²) >= 11 is 0. The number of fused-ring (bicyclic) bond motifs is 1. The summed E-state index contributed by atoms with van der Waals surface area (Å²) in [7, 11) is -0.571. The Morgan fingerprint density at radius 3 is 2.10 bits per heavy atom. The van der Waals surface area contributed by atoms with E-state index in [1.807, 2.05) is 67.5 Å². The van der Waals surface area contributed by atoms with E-state index in [1.54, 1.807) is 35.1 Å². The number of amides is 1. The first kappa shape index (κ1) is 61.6. The Morgan fingerprint density at radius 1 is 0.800 bits per heavy atom. The molecule has 1 saturated heterocycles. The third-order valence-electron chi connectivity index (χ3n) is 12.0. The van der Waals surface area contributed by atoms with Gasteiger partial charge in [-0.25, -0.2) is 4.68 Å². The molecule has 0 bridgehead atoms. The normalized spacial score (nSPS) is 18.4. The average Bonchev–Trinajstić information content (AvgIpc) is 3.89. The number of azo groups is 1. The van der Waals surface area contributed by atoms with Crippen molar-refractivity contribution < 1.29 is 74.8 Å². The molecule has 1 fully saturated rings. The van der Waals surface area contributed by atoms with Crippen LogP contribution in [0.2, 0.25) is 0 Å². The standard InChI is InChI=1S/C53H68N10O16S/c1-33(64)57-48-50(76-36(4)67)49(75-35(3)66)46(31-74-34(2)65)77-51(48)78-52(53(6,79-37(5)68)32-54-23-24-55-45-13-9-12-44-43(45)11-10-14-47(44)80(69,70)71)73-28-27-72-26-25-63-30-41(60-61-63)29-56-38-15-17-39(18-16-38)58-59-40-19-21-42(22-20-40)62(7)8/h9-22,30,46,48-52,54-56H,23-29,31-32H2,1-8H3,(H,57,64)(H,69,70,71)/t46-,48-,49-,50-,51+,52-,53-/m1/s1. The summed E-state index contributed by atoms with van der Waals surface area (Å²) in [5, 5.41) is 30.4. The third kappa shape index (κ3) is 18.5. The maximum atomic E-state index is 12.9. The first-order valence-electron chi connectivity index (χ1n) is 25.4. The van der Waals surface area contributed by atoms with Crippen molar-refractivity contribution in [3.05, 3.63) is 96.8 Å². The van der Waals surface area contributed by atoms with Crippen LogP contribution in [-0.2, 0) is 85.1 Å². The molecule has 5 N–H and O–H groups in total. The number of esters is 4. The second-order valence-electron chi connectivity index (χ2n) is 18.8. The Balaban J connectivity index is 1.13. The van der Waals surface area contributed by atoms with E-state index in [9.17, 15) is 36.9 Å². The van der Waals surface area contributed by atoms with Gasteiger partial charge in [-0.3, -0.25) is 28.5 Å². The summed E-state index contributed by atoms with van der Waals surface area (Å²) in [6, 6.07) is 23.3. The van der Waals surface area contributed by atoms with Crippen LogP contribution in [0, 0.1) is 0 Å². The Bertz CT molecular complexity index is 3040. The lowest BCUT2D eigenvalue weighted by Gasteiger charge is -2.47. The van der Waals surface area contributed by atoms with Gasteiger partial charge in [-0.05, 0) is 67.6 Å². The van der Waals surface area contributed by atoms with Crippen molar-refractivity contribution in [3.63, 3.8) is 0 Å². The number of carbonyl (C=O) groups is 5. The highest BCUT2D eigenvalue weighted by Gasteiger charge is 2.53.